The summed E-state index contributed by atoms with van der Waals surface area (Å²) in [5.74, 6) is 1.75. The van der Waals surface area contributed by atoms with E-state index < -0.39 is 0 Å². The maximum Gasteiger partial charge on any atom is 0.0197 e. The predicted octanol–water partition coefficient (Wildman–Crippen LogP) is 4.54. The molecule has 1 atom stereocenters. The van der Waals surface area contributed by atoms with Gasteiger partial charge in [0, 0.05) is 16.6 Å². The Morgan fingerprint density at radius 1 is 1.25 bits per heavy atom. The van der Waals surface area contributed by atoms with Crippen molar-refractivity contribution in [3.63, 3.8) is 0 Å². The first-order valence-electron chi connectivity index (χ1n) is 5.96. The molecule has 3 rings (SSSR count). The van der Waals surface area contributed by atoms with Crippen LogP contribution < -0.4 is 0 Å². The van der Waals surface area contributed by atoms with Crippen molar-refractivity contribution in [2.75, 3.05) is 5.75 Å². The van der Waals surface area contributed by atoms with E-state index in [4.69, 9.17) is 0 Å². The van der Waals surface area contributed by atoms with Gasteiger partial charge in [-0.1, -0.05) is 42.8 Å². The summed E-state index contributed by atoms with van der Waals surface area (Å²) in [5, 5.41) is 0. The Balaban J connectivity index is 2.09. The summed E-state index contributed by atoms with van der Waals surface area (Å²) < 4.78 is 0. The van der Waals surface area contributed by atoms with E-state index in [2.05, 4.69) is 43.3 Å². The number of allylic oxidation sites excluding steroid dienone is 3. The number of benzene rings is 1. The Bertz CT molecular complexity index is 468. The molecule has 1 aliphatic carbocycles. The summed E-state index contributed by atoms with van der Waals surface area (Å²) in [6, 6.07) is 8.86. The van der Waals surface area contributed by atoms with Crippen LogP contribution >= 0.6 is 11.8 Å². The summed E-state index contributed by atoms with van der Waals surface area (Å²) in [5.41, 5.74) is 4.74. The van der Waals surface area contributed by atoms with E-state index in [1.165, 1.54) is 29.1 Å². The van der Waals surface area contributed by atoms with E-state index in [-0.39, 0.29) is 0 Å². The zero-order chi connectivity index (χ0) is 11.0. The van der Waals surface area contributed by atoms with Gasteiger partial charge in [0.1, 0.15) is 0 Å². The molecule has 0 amide bonds. The highest BCUT2D eigenvalue weighted by Gasteiger charge is 2.22. The van der Waals surface area contributed by atoms with Gasteiger partial charge in [-0.15, -0.1) is 11.8 Å². The van der Waals surface area contributed by atoms with Gasteiger partial charge < -0.3 is 0 Å². The molecule has 82 valence electrons. The standard InChI is InChI=1S/C15H16S/c1-11-13-7-3-2-6-12(13)10-16-15-9-5-4-8-14(11)15/h3-5,7-9,11H,2,6,10H2,1H3. The number of hydrogen-bond acceptors (Lipinski definition) is 1. The fourth-order valence-corrected chi connectivity index (χ4v) is 3.87. The summed E-state index contributed by atoms with van der Waals surface area (Å²) in [6.45, 7) is 2.34. The van der Waals surface area contributed by atoms with Crippen LogP contribution in [0, 0.1) is 0 Å². The second-order valence-corrected chi connectivity index (χ2v) is 5.57. The number of hydrogen-bond donors (Lipinski definition) is 0. The van der Waals surface area contributed by atoms with Gasteiger partial charge in [-0.05, 0) is 30.0 Å². The number of rotatable bonds is 0. The molecule has 1 aliphatic heterocycles. The molecule has 0 bridgehead atoms. The lowest BCUT2D eigenvalue weighted by Gasteiger charge is -2.18. The van der Waals surface area contributed by atoms with Crippen LogP contribution in [0.1, 0.15) is 31.2 Å². The monoisotopic (exact) mass is 228 g/mol. The number of thioether (sulfide) groups is 1. The highest BCUT2D eigenvalue weighted by Crippen LogP contribution is 2.41. The zero-order valence-electron chi connectivity index (χ0n) is 9.57. The smallest absolute Gasteiger partial charge is 0.0197 e. The molecule has 0 fully saturated rings. The highest BCUT2D eigenvalue weighted by molar-refractivity contribution is 7.99. The molecule has 0 spiro atoms. The summed E-state index contributed by atoms with van der Waals surface area (Å²) in [7, 11) is 0. The van der Waals surface area contributed by atoms with Gasteiger partial charge in [0.05, 0.1) is 0 Å². The van der Waals surface area contributed by atoms with Crippen molar-refractivity contribution in [1.82, 2.24) is 0 Å². The van der Waals surface area contributed by atoms with Crippen LogP contribution in [0.2, 0.25) is 0 Å². The minimum atomic E-state index is 0.567. The van der Waals surface area contributed by atoms with Crippen LogP contribution in [0.25, 0.3) is 0 Å². The third-order valence-electron chi connectivity index (χ3n) is 3.57. The highest BCUT2D eigenvalue weighted by atomic mass is 32.2. The molecule has 1 aromatic rings. The Labute approximate surface area is 101 Å². The molecular formula is C15H16S. The molecule has 0 radical (unpaired) electrons. The van der Waals surface area contributed by atoms with E-state index in [0.717, 1.165) is 0 Å². The largest absolute Gasteiger partial charge is 0.121 e. The van der Waals surface area contributed by atoms with Crippen LogP contribution in [-0.2, 0) is 0 Å². The van der Waals surface area contributed by atoms with Gasteiger partial charge in [0.15, 0.2) is 0 Å². The lowest BCUT2D eigenvalue weighted by molar-refractivity contribution is 0.840. The Kier molecular flexibility index (Phi) is 2.64. The van der Waals surface area contributed by atoms with Crippen molar-refractivity contribution >= 4 is 11.8 Å². The molecule has 0 nitrogen and oxygen atoms in total. The normalized spacial score (nSPS) is 23.7. The van der Waals surface area contributed by atoms with Gasteiger partial charge in [-0.25, -0.2) is 0 Å². The minimum Gasteiger partial charge on any atom is -0.121 e. The Morgan fingerprint density at radius 3 is 3.06 bits per heavy atom. The molecule has 1 aromatic carbocycles. The van der Waals surface area contributed by atoms with E-state index >= 15 is 0 Å². The van der Waals surface area contributed by atoms with Crippen molar-refractivity contribution in [3.8, 4) is 0 Å². The summed E-state index contributed by atoms with van der Waals surface area (Å²) in [4.78, 5) is 1.47. The van der Waals surface area contributed by atoms with E-state index in [0.29, 0.717) is 5.92 Å². The van der Waals surface area contributed by atoms with Crippen LogP contribution in [0.15, 0.2) is 52.5 Å². The molecule has 0 saturated carbocycles. The summed E-state index contributed by atoms with van der Waals surface area (Å²) >= 11 is 2.01. The molecule has 0 saturated heterocycles. The number of fused-ring (bicyclic) bond motifs is 1. The molecule has 0 aromatic heterocycles. The van der Waals surface area contributed by atoms with Gasteiger partial charge in [-0.3, -0.25) is 0 Å². The van der Waals surface area contributed by atoms with Crippen LogP contribution in [0.5, 0.6) is 0 Å². The van der Waals surface area contributed by atoms with E-state index in [9.17, 15) is 0 Å². The minimum absolute atomic E-state index is 0.567. The Morgan fingerprint density at radius 2 is 2.12 bits per heavy atom. The van der Waals surface area contributed by atoms with Gasteiger partial charge >= 0.3 is 0 Å². The first kappa shape index (κ1) is 10.2. The fraction of sp³-hybridized carbons (Fsp3) is 0.333. The second-order valence-electron chi connectivity index (χ2n) is 4.55. The molecule has 0 N–H and O–H groups in total. The molecule has 16 heavy (non-hydrogen) atoms. The van der Waals surface area contributed by atoms with Crippen molar-refractivity contribution in [3.05, 3.63) is 53.1 Å². The third kappa shape index (κ3) is 1.63. The average molecular weight is 228 g/mol. The Hall–Kier alpha value is -0.950. The van der Waals surface area contributed by atoms with Gasteiger partial charge in [0.2, 0.25) is 0 Å². The van der Waals surface area contributed by atoms with Crippen molar-refractivity contribution in [2.45, 2.75) is 30.6 Å². The van der Waals surface area contributed by atoms with Crippen molar-refractivity contribution < 1.29 is 0 Å². The average Bonchev–Trinajstić information content (AvgIpc) is 2.49. The van der Waals surface area contributed by atoms with Crippen molar-refractivity contribution in [1.29, 1.82) is 0 Å². The lowest BCUT2D eigenvalue weighted by Crippen LogP contribution is -2.02. The molecule has 1 unspecified atom stereocenters. The van der Waals surface area contributed by atoms with Gasteiger partial charge in [0.25, 0.3) is 0 Å². The lowest BCUT2D eigenvalue weighted by atomic mass is 9.86. The maximum absolute atomic E-state index is 2.35. The molecule has 1 heteroatoms. The van der Waals surface area contributed by atoms with Crippen molar-refractivity contribution in [2.24, 2.45) is 0 Å². The van der Waals surface area contributed by atoms with Crippen LogP contribution in [-0.4, -0.2) is 5.75 Å². The van der Waals surface area contributed by atoms with E-state index in [1.54, 1.807) is 11.1 Å². The quantitative estimate of drug-likeness (QED) is 0.628. The fourth-order valence-electron chi connectivity index (χ4n) is 2.64. The third-order valence-corrected chi connectivity index (χ3v) is 4.75. The summed E-state index contributed by atoms with van der Waals surface area (Å²) in [6.07, 6.45) is 7.17. The predicted molar refractivity (Wildman–Crippen MR) is 71.0 cm³/mol. The zero-order valence-corrected chi connectivity index (χ0v) is 10.4. The maximum atomic E-state index is 2.35. The van der Waals surface area contributed by atoms with Crippen LogP contribution in [0.4, 0.5) is 0 Å². The molecular weight excluding hydrogens is 212 g/mol. The van der Waals surface area contributed by atoms with Gasteiger partial charge in [-0.2, -0.15) is 0 Å². The molecule has 1 heterocycles. The second kappa shape index (κ2) is 4.14. The topological polar surface area (TPSA) is 0 Å². The SMILES string of the molecule is CC1C2=C(CCC=C2)CSc2ccccc21. The van der Waals surface area contributed by atoms with E-state index in [1.807, 2.05) is 11.8 Å². The first-order valence-corrected chi connectivity index (χ1v) is 6.95. The molecule has 2 aliphatic rings. The first-order chi connectivity index (χ1) is 7.86. The van der Waals surface area contributed by atoms with Crippen LogP contribution in [0.3, 0.4) is 0 Å².